The lowest BCUT2D eigenvalue weighted by Gasteiger charge is -2.22. The highest BCUT2D eigenvalue weighted by molar-refractivity contribution is 6.71. The molecule has 0 aromatic rings. The Morgan fingerprint density at radius 3 is 2.15 bits per heavy atom. The molecule has 0 radical (unpaired) electrons. The summed E-state index contributed by atoms with van der Waals surface area (Å²) >= 11 is 0. The van der Waals surface area contributed by atoms with Crippen LogP contribution in [0.3, 0.4) is 0 Å². The molecule has 0 aromatic carbocycles. The molecule has 0 spiro atoms. The van der Waals surface area contributed by atoms with E-state index in [1.165, 1.54) is 31.7 Å². The topological polar surface area (TPSA) is 9.23 Å². The van der Waals surface area contributed by atoms with Crippen LogP contribution in [-0.4, -0.2) is 14.9 Å². The standard InChI is InChI=1S/C11H26OSi/c1-5-7-8-9-11-13(3,4)12-10-6-2/h5-11H2,1-4H3. The highest BCUT2D eigenvalue weighted by atomic mass is 28.4. The van der Waals surface area contributed by atoms with E-state index in [0.717, 1.165) is 13.0 Å². The fraction of sp³-hybridized carbons (Fsp3) is 1.00. The molecule has 80 valence electrons. The SMILES string of the molecule is CCCCCC[Si](C)(C)OCCC. The summed E-state index contributed by atoms with van der Waals surface area (Å²) in [5.41, 5.74) is 0. The van der Waals surface area contributed by atoms with Gasteiger partial charge in [-0.3, -0.25) is 0 Å². The van der Waals surface area contributed by atoms with Crippen molar-refractivity contribution < 1.29 is 4.43 Å². The van der Waals surface area contributed by atoms with Crippen LogP contribution in [0.4, 0.5) is 0 Å². The van der Waals surface area contributed by atoms with Crippen LogP contribution < -0.4 is 0 Å². The normalized spacial score (nSPS) is 12.0. The lowest BCUT2D eigenvalue weighted by atomic mass is 10.2. The van der Waals surface area contributed by atoms with Gasteiger partial charge in [0.15, 0.2) is 8.32 Å². The van der Waals surface area contributed by atoms with Gasteiger partial charge >= 0.3 is 0 Å². The summed E-state index contributed by atoms with van der Waals surface area (Å²) in [7, 11) is -1.27. The van der Waals surface area contributed by atoms with Gasteiger partial charge in [-0.25, -0.2) is 0 Å². The number of hydrogen-bond acceptors (Lipinski definition) is 1. The van der Waals surface area contributed by atoms with Gasteiger partial charge in [0.05, 0.1) is 0 Å². The maximum atomic E-state index is 5.90. The monoisotopic (exact) mass is 202 g/mol. The molecule has 0 rings (SSSR count). The molecule has 0 saturated carbocycles. The summed E-state index contributed by atoms with van der Waals surface area (Å²) in [6.45, 7) is 10.1. The van der Waals surface area contributed by atoms with E-state index in [2.05, 4.69) is 26.9 Å². The van der Waals surface area contributed by atoms with E-state index in [0.29, 0.717) is 0 Å². The molecule has 0 amide bonds. The van der Waals surface area contributed by atoms with Crippen molar-refractivity contribution >= 4 is 8.32 Å². The molecule has 0 atom stereocenters. The van der Waals surface area contributed by atoms with Gasteiger partial charge in [-0.05, 0) is 25.6 Å². The first-order valence-electron chi connectivity index (χ1n) is 5.76. The molecule has 0 unspecified atom stereocenters. The van der Waals surface area contributed by atoms with Crippen LogP contribution in [0.2, 0.25) is 19.1 Å². The second kappa shape index (κ2) is 7.57. The molecule has 0 heterocycles. The number of rotatable bonds is 8. The summed E-state index contributed by atoms with van der Waals surface area (Å²) in [5, 5.41) is 0. The van der Waals surface area contributed by atoms with Crippen molar-refractivity contribution in [3.63, 3.8) is 0 Å². The van der Waals surface area contributed by atoms with Gasteiger partial charge in [-0.1, -0.05) is 39.5 Å². The van der Waals surface area contributed by atoms with Gasteiger partial charge in [0.2, 0.25) is 0 Å². The van der Waals surface area contributed by atoms with Crippen molar-refractivity contribution in [2.24, 2.45) is 0 Å². The third kappa shape index (κ3) is 8.51. The van der Waals surface area contributed by atoms with Crippen LogP contribution in [0, 0.1) is 0 Å². The molecule has 0 fully saturated rings. The first-order chi connectivity index (χ1) is 6.12. The molecule has 1 nitrogen and oxygen atoms in total. The summed E-state index contributed by atoms with van der Waals surface area (Å²) in [5.74, 6) is 0. The lowest BCUT2D eigenvalue weighted by molar-refractivity contribution is 0.305. The zero-order valence-corrected chi connectivity index (χ0v) is 10.9. The average molecular weight is 202 g/mol. The predicted octanol–water partition coefficient (Wildman–Crippen LogP) is 4.20. The summed E-state index contributed by atoms with van der Waals surface area (Å²) in [6, 6.07) is 1.34. The highest BCUT2D eigenvalue weighted by Crippen LogP contribution is 2.16. The quantitative estimate of drug-likeness (QED) is 0.423. The Labute approximate surface area is 85.0 Å². The Hall–Kier alpha value is 0.177. The van der Waals surface area contributed by atoms with Gasteiger partial charge < -0.3 is 4.43 Å². The summed E-state index contributed by atoms with van der Waals surface area (Å²) in [6.07, 6.45) is 6.64. The summed E-state index contributed by atoms with van der Waals surface area (Å²) < 4.78 is 5.90. The van der Waals surface area contributed by atoms with E-state index in [4.69, 9.17) is 4.43 Å². The Morgan fingerprint density at radius 2 is 1.62 bits per heavy atom. The van der Waals surface area contributed by atoms with Crippen molar-refractivity contribution in [1.29, 1.82) is 0 Å². The van der Waals surface area contributed by atoms with Gasteiger partial charge in [-0.15, -0.1) is 0 Å². The van der Waals surface area contributed by atoms with Crippen molar-refractivity contribution in [2.45, 2.75) is 65.1 Å². The van der Waals surface area contributed by atoms with E-state index in [9.17, 15) is 0 Å². The predicted molar refractivity (Wildman–Crippen MR) is 62.7 cm³/mol. The fourth-order valence-corrected chi connectivity index (χ4v) is 3.43. The molecule has 0 aliphatic rings. The van der Waals surface area contributed by atoms with Crippen molar-refractivity contribution in [3.8, 4) is 0 Å². The van der Waals surface area contributed by atoms with Crippen LogP contribution in [0.1, 0.15) is 46.0 Å². The fourth-order valence-electron chi connectivity index (χ4n) is 1.43. The first-order valence-corrected chi connectivity index (χ1v) is 8.88. The van der Waals surface area contributed by atoms with Crippen LogP contribution >= 0.6 is 0 Å². The number of unbranched alkanes of at least 4 members (excludes halogenated alkanes) is 3. The molecule has 0 saturated heterocycles. The van der Waals surface area contributed by atoms with Crippen LogP contribution in [0.25, 0.3) is 0 Å². The molecule has 0 N–H and O–H groups in total. The third-order valence-corrected chi connectivity index (χ3v) is 4.87. The highest BCUT2D eigenvalue weighted by Gasteiger charge is 2.20. The Kier molecular flexibility index (Phi) is 7.67. The van der Waals surface area contributed by atoms with E-state index in [1.807, 2.05) is 0 Å². The molecule has 0 aromatic heterocycles. The Morgan fingerprint density at radius 1 is 0.923 bits per heavy atom. The smallest absolute Gasteiger partial charge is 0.186 e. The average Bonchev–Trinajstić information content (AvgIpc) is 2.09. The van der Waals surface area contributed by atoms with Crippen LogP contribution in [-0.2, 0) is 4.43 Å². The second-order valence-corrected chi connectivity index (χ2v) is 8.73. The Balaban J connectivity index is 3.39. The Bertz CT molecular complexity index is 113. The zero-order chi connectivity index (χ0) is 10.2. The van der Waals surface area contributed by atoms with Crippen molar-refractivity contribution in [1.82, 2.24) is 0 Å². The van der Waals surface area contributed by atoms with Gasteiger partial charge in [0.25, 0.3) is 0 Å². The maximum Gasteiger partial charge on any atom is 0.186 e. The molecule has 0 aliphatic heterocycles. The van der Waals surface area contributed by atoms with Gasteiger partial charge in [0.1, 0.15) is 0 Å². The lowest BCUT2D eigenvalue weighted by Crippen LogP contribution is -2.30. The molecular formula is C11H26OSi. The van der Waals surface area contributed by atoms with Gasteiger partial charge in [0, 0.05) is 6.61 Å². The van der Waals surface area contributed by atoms with Crippen LogP contribution in [0.15, 0.2) is 0 Å². The summed E-state index contributed by atoms with van der Waals surface area (Å²) in [4.78, 5) is 0. The van der Waals surface area contributed by atoms with E-state index >= 15 is 0 Å². The van der Waals surface area contributed by atoms with Gasteiger partial charge in [-0.2, -0.15) is 0 Å². The molecule has 0 bridgehead atoms. The molecule has 2 heteroatoms. The molecular weight excluding hydrogens is 176 g/mol. The zero-order valence-electron chi connectivity index (χ0n) is 9.86. The molecule has 0 aliphatic carbocycles. The molecule has 13 heavy (non-hydrogen) atoms. The van der Waals surface area contributed by atoms with Crippen molar-refractivity contribution in [3.05, 3.63) is 0 Å². The number of hydrogen-bond donors (Lipinski definition) is 0. The van der Waals surface area contributed by atoms with Crippen molar-refractivity contribution in [2.75, 3.05) is 6.61 Å². The maximum absolute atomic E-state index is 5.90. The minimum absolute atomic E-state index is 0.965. The van der Waals surface area contributed by atoms with E-state index in [1.54, 1.807) is 0 Å². The minimum atomic E-state index is -1.27. The second-order valence-electron chi connectivity index (χ2n) is 4.42. The largest absolute Gasteiger partial charge is 0.417 e. The van der Waals surface area contributed by atoms with E-state index < -0.39 is 8.32 Å². The first kappa shape index (κ1) is 13.2. The van der Waals surface area contributed by atoms with Crippen LogP contribution in [0.5, 0.6) is 0 Å². The van der Waals surface area contributed by atoms with E-state index in [-0.39, 0.29) is 0 Å². The third-order valence-electron chi connectivity index (χ3n) is 2.33. The minimum Gasteiger partial charge on any atom is -0.417 e.